The summed E-state index contributed by atoms with van der Waals surface area (Å²) in [6.45, 7) is 5.53. The predicted molar refractivity (Wildman–Crippen MR) is 68.3 cm³/mol. The van der Waals surface area contributed by atoms with Crippen molar-refractivity contribution in [3.63, 3.8) is 0 Å². The fraction of sp³-hybridized carbons (Fsp3) is 1.00. The normalized spacial score (nSPS) is 16.8. The lowest BCUT2D eigenvalue weighted by atomic mass is 10.1. The van der Waals surface area contributed by atoms with Crippen LogP contribution in [0.1, 0.15) is 25.7 Å². The maximum Gasteiger partial charge on any atom is 0.0701 e. The first-order valence-electron chi connectivity index (χ1n) is 6.78. The van der Waals surface area contributed by atoms with Gasteiger partial charge in [0, 0.05) is 13.7 Å². The highest BCUT2D eigenvalue weighted by molar-refractivity contribution is 4.69. The summed E-state index contributed by atoms with van der Waals surface area (Å²) in [4.78, 5) is 0. The molecule has 4 heteroatoms. The molecule has 17 heavy (non-hydrogen) atoms. The van der Waals surface area contributed by atoms with Crippen molar-refractivity contribution in [3.8, 4) is 0 Å². The third kappa shape index (κ3) is 8.55. The highest BCUT2D eigenvalue weighted by atomic mass is 16.5. The van der Waals surface area contributed by atoms with Gasteiger partial charge in [-0.25, -0.2) is 0 Å². The van der Waals surface area contributed by atoms with Crippen LogP contribution in [0.25, 0.3) is 0 Å². The Kier molecular flexibility index (Phi) is 9.61. The minimum Gasteiger partial charge on any atom is -0.382 e. The topological polar surface area (TPSA) is 39.7 Å². The van der Waals surface area contributed by atoms with Crippen LogP contribution in [-0.4, -0.2) is 53.2 Å². The van der Waals surface area contributed by atoms with Crippen LogP contribution in [0.3, 0.4) is 0 Å². The zero-order valence-corrected chi connectivity index (χ0v) is 11.1. The van der Waals surface area contributed by atoms with Crippen LogP contribution in [0.5, 0.6) is 0 Å². The average molecular weight is 245 g/mol. The third-order valence-corrected chi connectivity index (χ3v) is 3.13. The van der Waals surface area contributed by atoms with Gasteiger partial charge in [0.15, 0.2) is 0 Å². The van der Waals surface area contributed by atoms with Gasteiger partial charge in [0.2, 0.25) is 0 Å². The summed E-state index contributed by atoms with van der Waals surface area (Å²) >= 11 is 0. The van der Waals surface area contributed by atoms with Crippen molar-refractivity contribution in [2.24, 2.45) is 5.92 Å². The van der Waals surface area contributed by atoms with E-state index >= 15 is 0 Å². The second kappa shape index (κ2) is 11.0. The molecule has 1 fully saturated rings. The molecule has 0 aromatic rings. The number of hydrogen-bond donors (Lipinski definition) is 1. The largest absolute Gasteiger partial charge is 0.382 e. The number of rotatable bonds is 11. The van der Waals surface area contributed by atoms with Gasteiger partial charge in [0.05, 0.1) is 33.0 Å². The summed E-state index contributed by atoms with van der Waals surface area (Å²) in [6.07, 6.45) is 5.64. The second-order valence-electron chi connectivity index (χ2n) is 4.57. The molecule has 0 saturated heterocycles. The lowest BCUT2D eigenvalue weighted by molar-refractivity contribution is 0.0255. The van der Waals surface area contributed by atoms with Gasteiger partial charge in [0.25, 0.3) is 0 Å². The molecule has 0 bridgehead atoms. The van der Waals surface area contributed by atoms with Crippen LogP contribution < -0.4 is 5.32 Å². The van der Waals surface area contributed by atoms with E-state index in [0.29, 0.717) is 26.4 Å². The van der Waals surface area contributed by atoms with Crippen LogP contribution >= 0.6 is 0 Å². The van der Waals surface area contributed by atoms with E-state index in [9.17, 15) is 0 Å². The Morgan fingerprint density at radius 1 is 0.941 bits per heavy atom. The fourth-order valence-corrected chi connectivity index (χ4v) is 2.13. The van der Waals surface area contributed by atoms with Crippen molar-refractivity contribution in [3.05, 3.63) is 0 Å². The lowest BCUT2D eigenvalue weighted by Gasteiger charge is -2.10. The van der Waals surface area contributed by atoms with Crippen molar-refractivity contribution < 1.29 is 14.2 Å². The first-order valence-corrected chi connectivity index (χ1v) is 6.78. The number of ether oxygens (including phenoxy) is 3. The van der Waals surface area contributed by atoms with Gasteiger partial charge in [-0.2, -0.15) is 0 Å². The average Bonchev–Trinajstić information content (AvgIpc) is 2.85. The van der Waals surface area contributed by atoms with E-state index in [0.717, 1.165) is 25.6 Å². The zero-order chi connectivity index (χ0) is 12.2. The molecule has 1 aliphatic rings. The molecule has 0 heterocycles. The molecule has 0 spiro atoms. The van der Waals surface area contributed by atoms with E-state index in [2.05, 4.69) is 5.32 Å². The molecule has 0 unspecified atom stereocenters. The maximum absolute atomic E-state index is 5.45. The minimum absolute atomic E-state index is 0.653. The SMILES string of the molecule is COCCOCCOCCNCC1CCCC1. The van der Waals surface area contributed by atoms with Crippen LogP contribution in [0.15, 0.2) is 0 Å². The Morgan fingerprint density at radius 2 is 1.59 bits per heavy atom. The van der Waals surface area contributed by atoms with E-state index in [4.69, 9.17) is 14.2 Å². The Hall–Kier alpha value is -0.160. The quantitative estimate of drug-likeness (QED) is 0.559. The smallest absolute Gasteiger partial charge is 0.0701 e. The van der Waals surface area contributed by atoms with Crippen molar-refractivity contribution in [2.45, 2.75) is 25.7 Å². The van der Waals surface area contributed by atoms with E-state index < -0.39 is 0 Å². The van der Waals surface area contributed by atoms with Crippen LogP contribution in [0, 0.1) is 5.92 Å². The Labute approximate surface area is 105 Å². The summed E-state index contributed by atoms with van der Waals surface area (Å²) in [7, 11) is 1.68. The predicted octanol–water partition coefficient (Wildman–Crippen LogP) is 1.45. The lowest BCUT2D eigenvalue weighted by Crippen LogP contribution is -2.25. The summed E-state index contributed by atoms with van der Waals surface area (Å²) in [5.74, 6) is 0.910. The summed E-state index contributed by atoms with van der Waals surface area (Å²) in [5.41, 5.74) is 0. The van der Waals surface area contributed by atoms with Crippen molar-refractivity contribution in [1.29, 1.82) is 0 Å². The molecular formula is C13H27NO3. The molecule has 0 radical (unpaired) electrons. The van der Waals surface area contributed by atoms with Gasteiger partial charge >= 0.3 is 0 Å². The molecule has 0 aliphatic heterocycles. The molecule has 0 aromatic carbocycles. The monoisotopic (exact) mass is 245 g/mol. The Bertz CT molecular complexity index is 161. The number of methoxy groups -OCH3 is 1. The first-order chi connectivity index (χ1) is 8.43. The van der Waals surface area contributed by atoms with E-state index in [-0.39, 0.29) is 0 Å². The maximum atomic E-state index is 5.45. The van der Waals surface area contributed by atoms with Crippen LogP contribution in [0.2, 0.25) is 0 Å². The van der Waals surface area contributed by atoms with Gasteiger partial charge in [-0.3, -0.25) is 0 Å². The Morgan fingerprint density at radius 3 is 2.29 bits per heavy atom. The van der Waals surface area contributed by atoms with Gasteiger partial charge < -0.3 is 19.5 Å². The van der Waals surface area contributed by atoms with E-state index in [1.54, 1.807) is 7.11 Å². The highest BCUT2D eigenvalue weighted by Gasteiger charge is 2.13. The van der Waals surface area contributed by atoms with E-state index in [1.807, 2.05) is 0 Å². The molecule has 102 valence electrons. The van der Waals surface area contributed by atoms with Crippen molar-refractivity contribution >= 4 is 0 Å². The molecule has 0 amide bonds. The molecule has 0 aromatic heterocycles. The fourth-order valence-electron chi connectivity index (χ4n) is 2.13. The van der Waals surface area contributed by atoms with Gasteiger partial charge in [-0.1, -0.05) is 12.8 Å². The van der Waals surface area contributed by atoms with Crippen LogP contribution in [-0.2, 0) is 14.2 Å². The highest BCUT2D eigenvalue weighted by Crippen LogP contribution is 2.23. The number of nitrogens with one attached hydrogen (secondary N) is 1. The summed E-state index contributed by atoms with van der Waals surface area (Å²) in [5, 5.41) is 3.45. The zero-order valence-electron chi connectivity index (χ0n) is 11.1. The van der Waals surface area contributed by atoms with Crippen molar-refractivity contribution in [2.75, 3.05) is 53.2 Å². The Balaban J connectivity index is 1.69. The van der Waals surface area contributed by atoms with Gasteiger partial charge in [0.1, 0.15) is 0 Å². The molecule has 1 rings (SSSR count). The molecule has 1 aliphatic carbocycles. The second-order valence-corrected chi connectivity index (χ2v) is 4.57. The third-order valence-electron chi connectivity index (χ3n) is 3.13. The molecule has 0 atom stereocenters. The number of hydrogen-bond acceptors (Lipinski definition) is 4. The molecule has 1 N–H and O–H groups in total. The summed E-state index contributed by atoms with van der Waals surface area (Å²) in [6, 6.07) is 0. The summed E-state index contributed by atoms with van der Waals surface area (Å²) < 4.78 is 15.6. The molecule has 4 nitrogen and oxygen atoms in total. The first kappa shape index (κ1) is 14.9. The van der Waals surface area contributed by atoms with Crippen molar-refractivity contribution in [1.82, 2.24) is 5.32 Å². The molecule has 1 saturated carbocycles. The van der Waals surface area contributed by atoms with Crippen LogP contribution in [0.4, 0.5) is 0 Å². The molecular weight excluding hydrogens is 218 g/mol. The van der Waals surface area contributed by atoms with E-state index in [1.165, 1.54) is 25.7 Å². The van der Waals surface area contributed by atoms with Gasteiger partial charge in [-0.05, 0) is 25.3 Å². The standard InChI is InChI=1S/C13H27NO3/c1-15-8-9-17-11-10-16-7-6-14-12-13-4-2-3-5-13/h13-14H,2-12H2,1H3. The van der Waals surface area contributed by atoms with Gasteiger partial charge in [-0.15, -0.1) is 0 Å². The minimum atomic E-state index is 0.653.